The van der Waals surface area contributed by atoms with E-state index in [0.717, 1.165) is 11.3 Å². The van der Waals surface area contributed by atoms with E-state index in [4.69, 9.17) is 4.74 Å². The zero-order chi connectivity index (χ0) is 12.0. The van der Waals surface area contributed by atoms with Crippen molar-refractivity contribution in [1.82, 2.24) is 0 Å². The smallest absolute Gasteiger partial charge is 0.338 e. The van der Waals surface area contributed by atoms with E-state index < -0.39 is 0 Å². The molecule has 0 N–H and O–H groups in total. The standard InChI is InChI=1S/C13H18O2S/c1-4-10(2)9-15-13(14)11-6-5-7-12(8-11)16-3/h5-8,10H,4,9H2,1-3H3. The van der Waals surface area contributed by atoms with Gasteiger partial charge in [-0.25, -0.2) is 4.79 Å². The van der Waals surface area contributed by atoms with Crippen LogP contribution >= 0.6 is 11.8 Å². The zero-order valence-electron chi connectivity index (χ0n) is 10.0. The van der Waals surface area contributed by atoms with Gasteiger partial charge in [0.1, 0.15) is 0 Å². The maximum absolute atomic E-state index is 11.7. The number of carbonyl (C=O) groups excluding carboxylic acids is 1. The molecule has 0 saturated heterocycles. The number of esters is 1. The molecule has 0 aromatic heterocycles. The monoisotopic (exact) mass is 238 g/mol. The Labute approximate surface area is 101 Å². The summed E-state index contributed by atoms with van der Waals surface area (Å²) in [5.41, 5.74) is 0.634. The first-order chi connectivity index (χ1) is 7.67. The van der Waals surface area contributed by atoms with Crippen LogP contribution in [0.5, 0.6) is 0 Å². The van der Waals surface area contributed by atoms with E-state index in [1.54, 1.807) is 17.8 Å². The highest BCUT2D eigenvalue weighted by Crippen LogP contribution is 2.16. The van der Waals surface area contributed by atoms with Gasteiger partial charge in [-0.15, -0.1) is 11.8 Å². The highest BCUT2D eigenvalue weighted by molar-refractivity contribution is 7.98. The van der Waals surface area contributed by atoms with Crippen LogP contribution in [0.2, 0.25) is 0 Å². The average molecular weight is 238 g/mol. The molecule has 88 valence electrons. The SMILES string of the molecule is CCC(C)COC(=O)c1cccc(SC)c1. The zero-order valence-corrected chi connectivity index (χ0v) is 10.8. The predicted octanol–water partition coefficient (Wildman–Crippen LogP) is 3.61. The summed E-state index contributed by atoms with van der Waals surface area (Å²) in [7, 11) is 0. The maximum Gasteiger partial charge on any atom is 0.338 e. The molecule has 1 aromatic carbocycles. The van der Waals surface area contributed by atoms with Gasteiger partial charge in [0.15, 0.2) is 0 Å². The normalized spacial score (nSPS) is 12.2. The summed E-state index contributed by atoms with van der Waals surface area (Å²) in [5.74, 6) is 0.198. The topological polar surface area (TPSA) is 26.3 Å². The Morgan fingerprint density at radius 2 is 2.25 bits per heavy atom. The molecule has 0 aliphatic carbocycles. The Morgan fingerprint density at radius 3 is 2.88 bits per heavy atom. The van der Waals surface area contributed by atoms with E-state index in [1.807, 2.05) is 24.5 Å². The molecule has 0 heterocycles. The molecule has 0 saturated carbocycles. The van der Waals surface area contributed by atoms with Gasteiger partial charge in [0.2, 0.25) is 0 Å². The van der Waals surface area contributed by atoms with Gasteiger partial charge in [-0.1, -0.05) is 26.3 Å². The lowest BCUT2D eigenvalue weighted by Gasteiger charge is -2.09. The van der Waals surface area contributed by atoms with Crippen molar-refractivity contribution < 1.29 is 9.53 Å². The van der Waals surface area contributed by atoms with Crippen LogP contribution in [0.4, 0.5) is 0 Å². The Morgan fingerprint density at radius 1 is 1.50 bits per heavy atom. The fourth-order valence-electron chi connectivity index (χ4n) is 1.17. The number of carbonyl (C=O) groups is 1. The number of ether oxygens (including phenoxy) is 1. The van der Waals surface area contributed by atoms with E-state index in [-0.39, 0.29) is 5.97 Å². The van der Waals surface area contributed by atoms with Crippen molar-refractivity contribution in [1.29, 1.82) is 0 Å². The third-order valence-corrected chi connectivity index (χ3v) is 3.23. The Bertz CT molecular complexity index is 350. The van der Waals surface area contributed by atoms with E-state index in [2.05, 4.69) is 13.8 Å². The summed E-state index contributed by atoms with van der Waals surface area (Å²) < 4.78 is 5.23. The van der Waals surface area contributed by atoms with Crippen LogP contribution in [0.1, 0.15) is 30.6 Å². The largest absolute Gasteiger partial charge is 0.462 e. The molecule has 1 rings (SSSR count). The lowest BCUT2D eigenvalue weighted by atomic mass is 10.1. The average Bonchev–Trinajstić information content (AvgIpc) is 2.35. The first-order valence-corrected chi connectivity index (χ1v) is 6.71. The van der Waals surface area contributed by atoms with Crippen molar-refractivity contribution in [3.63, 3.8) is 0 Å². The lowest BCUT2D eigenvalue weighted by molar-refractivity contribution is 0.0447. The highest BCUT2D eigenvalue weighted by atomic mass is 32.2. The van der Waals surface area contributed by atoms with Gasteiger partial charge >= 0.3 is 5.97 Å². The van der Waals surface area contributed by atoms with Gasteiger partial charge in [-0.05, 0) is 30.4 Å². The molecule has 0 fully saturated rings. The summed E-state index contributed by atoms with van der Waals surface area (Å²) in [6.07, 6.45) is 3.02. The van der Waals surface area contributed by atoms with E-state index in [9.17, 15) is 4.79 Å². The number of hydrogen-bond donors (Lipinski definition) is 0. The number of benzene rings is 1. The summed E-state index contributed by atoms with van der Waals surface area (Å²) in [5, 5.41) is 0. The van der Waals surface area contributed by atoms with Crippen molar-refractivity contribution in [2.45, 2.75) is 25.2 Å². The maximum atomic E-state index is 11.7. The molecular formula is C13H18O2S. The third-order valence-electron chi connectivity index (χ3n) is 2.50. The molecule has 1 aromatic rings. The minimum absolute atomic E-state index is 0.226. The fraction of sp³-hybridized carbons (Fsp3) is 0.462. The molecular weight excluding hydrogens is 220 g/mol. The molecule has 0 aliphatic heterocycles. The molecule has 0 aliphatic rings. The number of hydrogen-bond acceptors (Lipinski definition) is 3. The van der Waals surface area contributed by atoms with Crippen molar-refractivity contribution in [2.24, 2.45) is 5.92 Å². The Hall–Kier alpha value is -0.960. The summed E-state index contributed by atoms with van der Waals surface area (Å²) in [6, 6.07) is 7.52. The molecule has 0 amide bonds. The molecule has 2 nitrogen and oxygen atoms in total. The summed E-state index contributed by atoms with van der Waals surface area (Å²) in [4.78, 5) is 12.8. The van der Waals surface area contributed by atoms with E-state index in [1.165, 1.54) is 0 Å². The minimum atomic E-state index is -0.226. The van der Waals surface area contributed by atoms with Gasteiger partial charge in [-0.2, -0.15) is 0 Å². The van der Waals surface area contributed by atoms with Crippen LogP contribution in [-0.2, 0) is 4.74 Å². The summed E-state index contributed by atoms with van der Waals surface area (Å²) in [6.45, 7) is 4.66. The van der Waals surface area contributed by atoms with Crippen LogP contribution in [0, 0.1) is 5.92 Å². The molecule has 0 bridgehead atoms. The van der Waals surface area contributed by atoms with E-state index in [0.29, 0.717) is 18.1 Å². The molecule has 16 heavy (non-hydrogen) atoms. The second kappa shape index (κ2) is 6.59. The van der Waals surface area contributed by atoms with Crippen molar-refractivity contribution >= 4 is 17.7 Å². The van der Waals surface area contributed by atoms with Crippen LogP contribution in [0.15, 0.2) is 29.2 Å². The van der Waals surface area contributed by atoms with Gasteiger partial charge < -0.3 is 4.74 Å². The Balaban J connectivity index is 2.58. The van der Waals surface area contributed by atoms with Gasteiger partial charge in [-0.3, -0.25) is 0 Å². The van der Waals surface area contributed by atoms with Crippen LogP contribution in [0.3, 0.4) is 0 Å². The predicted molar refractivity (Wildman–Crippen MR) is 68.0 cm³/mol. The third kappa shape index (κ3) is 3.89. The fourth-order valence-corrected chi connectivity index (χ4v) is 1.63. The highest BCUT2D eigenvalue weighted by Gasteiger charge is 2.09. The van der Waals surface area contributed by atoms with Crippen LogP contribution in [-0.4, -0.2) is 18.8 Å². The van der Waals surface area contributed by atoms with Gasteiger partial charge in [0.25, 0.3) is 0 Å². The summed E-state index contributed by atoms with van der Waals surface area (Å²) >= 11 is 1.62. The van der Waals surface area contributed by atoms with Gasteiger partial charge in [0, 0.05) is 4.90 Å². The van der Waals surface area contributed by atoms with Crippen LogP contribution < -0.4 is 0 Å². The first kappa shape index (κ1) is 13.1. The molecule has 0 radical (unpaired) electrons. The van der Waals surface area contributed by atoms with Crippen molar-refractivity contribution in [2.75, 3.05) is 12.9 Å². The molecule has 3 heteroatoms. The van der Waals surface area contributed by atoms with E-state index >= 15 is 0 Å². The minimum Gasteiger partial charge on any atom is -0.462 e. The molecule has 1 atom stereocenters. The van der Waals surface area contributed by atoms with Crippen LogP contribution in [0.25, 0.3) is 0 Å². The van der Waals surface area contributed by atoms with Crippen molar-refractivity contribution in [3.8, 4) is 0 Å². The second-order valence-corrected chi connectivity index (χ2v) is 4.72. The molecule has 0 spiro atoms. The lowest BCUT2D eigenvalue weighted by Crippen LogP contribution is -2.11. The van der Waals surface area contributed by atoms with Crippen molar-refractivity contribution in [3.05, 3.63) is 29.8 Å². The molecule has 1 unspecified atom stereocenters. The second-order valence-electron chi connectivity index (χ2n) is 3.84. The first-order valence-electron chi connectivity index (χ1n) is 5.48. The Kier molecular flexibility index (Phi) is 5.39. The van der Waals surface area contributed by atoms with Gasteiger partial charge in [0.05, 0.1) is 12.2 Å². The quantitative estimate of drug-likeness (QED) is 0.579. The number of thioether (sulfide) groups is 1. The number of rotatable bonds is 5.